The highest BCUT2D eigenvalue weighted by Gasteiger charge is 2.31. The summed E-state index contributed by atoms with van der Waals surface area (Å²) < 4.78 is 12.8. The van der Waals surface area contributed by atoms with E-state index >= 15 is 0 Å². The molecule has 0 saturated carbocycles. The fourth-order valence-corrected chi connectivity index (χ4v) is 3.30. The van der Waals surface area contributed by atoms with Crippen molar-refractivity contribution in [3.05, 3.63) is 42.5 Å². The van der Waals surface area contributed by atoms with E-state index in [4.69, 9.17) is 9.47 Å². The summed E-state index contributed by atoms with van der Waals surface area (Å²) in [6, 6.07) is 7.45. The zero-order valence-electron chi connectivity index (χ0n) is 13.4. The summed E-state index contributed by atoms with van der Waals surface area (Å²) >= 11 is 0. The van der Waals surface area contributed by atoms with Crippen molar-refractivity contribution in [2.45, 2.75) is 19.1 Å². The number of carbonyl (C=O) groups is 1. The van der Waals surface area contributed by atoms with Gasteiger partial charge in [-0.25, -0.2) is 9.67 Å². The van der Waals surface area contributed by atoms with E-state index in [1.807, 2.05) is 29.2 Å². The number of hydrogen-bond acceptors (Lipinski definition) is 5. The molecule has 2 aliphatic rings. The van der Waals surface area contributed by atoms with E-state index in [9.17, 15) is 4.79 Å². The van der Waals surface area contributed by atoms with Gasteiger partial charge in [0, 0.05) is 24.6 Å². The Labute approximate surface area is 140 Å². The van der Waals surface area contributed by atoms with Gasteiger partial charge in [0.15, 0.2) is 6.29 Å². The van der Waals surface area contributed by atoms with Crippen molar-refractivity contribution in [2.75, 3.05) is 26.3 Å². The number of carbonyl (C=O) groups excluding carboxylic acids is 1. The Hall–Kier alpha value is -2.25. The zero-order chi connectivity index (χ0) is 16.4. The molecule has 0 atom stereocenters. The van der Waals surface area contributed by atoms with Crippen LogP contribution in [0, 0.1) is 5.92 Å². The number of piperidine rings is 1. The van der Waals surface area contributed by atoms with Gasteiger partial charge in [0.2, 0.25) is 0 Å². The molecule has 0 aliphatic carbocycles. The van der Waals surface area contributed by atoms with Crippen LogP contribution in [0.25, 0.3) is 5.69 Å². The molecule has 0 bridgehead atoms. The minimum Gasteiger partial charge on any atom is -0.350 e. The molecule has 4 rings (SSSR count). The first-order valence-corrected chi connectivity index (χ1v) is 8.29. The quantitative estimate of drug-likeness (QED) is 0.854. The van der Waals surface area contributed by atoms with Crippen LogP contribution in [0.2, 0.25) is 0 Å². The summed E-state index contributed by atoms with van der Waals surface area (Å²) in [6.07, 6.45) is 4.89. The van der Waals surface area contributed by atoms with Crippen LogP contribution in [-0.2, 0) is 9.47 Å². The van der Waals surface area contributed by atoms with Crippen molar-refractivity contribution in [1.82, 2.24) is 19.7 Å². The van der Waals surface area contributed by atoms with Crippen LogP contribution in [0.5, 0.6) is 0 Å². The first kappa shape index (κ1) is 15.3. The predicted molar refractivity (Wildman–Crippen MR) is 85.7 cm³/mol. The molecule has 2 saturated heterocycles. The summed E-state index contributed by atoms with van der Waals surface area (Å²) in [7, 11) is 0. The van der Waals surface area contributed by atoms with Crippen molar-refractivity contribution >= 4 is 5.91 Å². The maximum atomic E-state index is 12.7. The highest BCUT2D eigenvalue weighted by atomic mass is 16.7. The standard InChI is InChI=1S/C17H20N4O3/c22-16(13-1-3-15(4-2-13)21-12-18-11-19-21)20-7-5-14(6-8-20)17-23-9-10-24-17/h1-4,11-12,14,17H,5-10H2. The van der Waals surface area contributed by atoms with Crippen LogP contribution in [0.4, 0.5) is 0 Å². The number of benzene rings is 1. The lowest BCUT2D eigenvalue weighted by Gasteiger charge is -2.33. The Morgan fingerprint density at radius 2 is 1.79 bits per heavy atom. The Kier molecular flexibility index (Phi) is 4.27. The van der Waals surface area contributed by atoms with Gasteiger partial charge in [0.25, 0.3) is 5.91 Å². The highest BCUT2D eigenvalue weighted by Crippen LogP contribution is 2.26. The summed E-state index contributed by atoms with van der Waals surface area (Å²) in [6.45, 7) is 2.86. The van der Waals surface area contributed by atoms with Crippen molar-refractivity contribution in [2.24, 2.45) is 5.92 Å². The molecule has 1 aromatic heterocycles. The Balaban J connectivity index is 1.37. The van der Waals surface area contributed by atoms with E-state index in [0.717, 1.165) is 31.6 Å². The van der Waals surface area contributed by atoms with Gasteiger partial charge in [-0.15, -0.1) is 0 Å². The van der Waals surface area contributed by atoms with Crippen LogP contribution < -0.4 is 0 Å². The van der Waals surface area contributed by atoms with Gasteiger partial charge in [-0.3, -0.25) is 4.79 Å². The summed E-state index contributed by atoms with van der Waals surface area (Å²) in [5.74, 6) is 0.470. The number of ether oxygens (including phenoxy) is 2. The highest BCUT2D eigenvalue weighted by molar-refractivity contribution is 5.94. The number of likely N-dealkylation sites (tertiary alicyclic amines) is 1. The molecule has 0 unspecified atom stereocenters. The number of rotatable bonds is 3. The number of aromatic nitrogens is 3. The Morgan fingerprint density at radius 1 is 1.08 bits per heavy atom. The second kappa shape index (κ2) is 6.70. The average Bonchev–Trinajstić information content (AvgIpc) is 3.35. The third-order valence-corrected chi connectivity index (χ3v) is 4.66. The van der Waals surface area contributed by atoms with Gasteiger partial charge >= 0.3 is 0 Å². The van der Waals surface area contributed by atoms with Crippen LogP contribution >= 0.6 is 0 Å². The zero-order valence-corrected chi connectivity index (χ0v) is 13.4. The Bertz CT molecular complexity index is 672. The molecule has 7 nitrogen and oxygen atoms in total. The third kappa shape index (κ3) is 3.05. The molecule has 1 amide bonds. The van der Waals surface area contributed by atoms with Crippen molar-refractivity contribution in [1.29, 1.82) is 0 Å². The predicted octanol–water partition coefficient (Wildman–Crippen LogP) is 1.49. The SMILES string of the molecule is O=C(c1ccc(-n2cncn2)cc1)N1CCC(C2OCCO2)CC1. The molecule has 2 aromatic rings. The van der Waals surface area contributed by atoms with Crippen LogP contribution in [-0.4, -0.2) is 58.2 Å². The topological polar surface area (TPSA) is 69.5 Å². The normalized spacial score (nSPS) is 19.8. The summed E-state index contributed by atoms with van der Waals surface area (Å²) in [5, 5.41) is 4.08. The number of amides is 1. The molecule has 3 heterocycles. The van der Waals surface area contributed by atoms with Gasteiger partial charge in [0.05, 0.1) is 18.9 Å². The second-order valence-corrected chi connectivity index (χ2v) is 6.13. The molecule has 126 valence electrons. The van der Waals surface area contributed by atoms with Crippen LogP contribution in [0.15, 0.2) is 36.9 Å². The molecule has 1 aromatic carbocycles. The van der Waals surface area contributed by atoms with E-state index < -0.39 is 0 Å². The van der Waals surface area contributed by atoms with E-state index in [0.29, 0.717) is 24.7 Å². The molecule has 0 N–H and O–H groups in total. The molecule has 0 spiro atoms. The first-order valence-electron chi connectivity index (χ1n) is 8.29. The first-order chi connectivity index (χ1) is 11.8. The maximum absolute atomic E-state index is 12.7. The van der Waals surface area contributed by atoms with E-state index in [1.165, 1.54) is 6.33 Å². The lowest BCUT2D eigenvalue weighted by Crippen LogP contribution is -2.41. The van der Waals surface area contributed by atoms with Gasteiger partial charge < -0.3 is 14.4 Å². The molecule has 24 heavy (non-hydrogen) atoms. The van der Waals surface area contributed by atoms with E-state index in [1.54, 1.807) is 11.0 Å². The minimum absolute atomic E-state index is 0.0758. The molecule has 2 fully saturated rings. The third-order valence-electron chi connectivity index (χ3n) is 4.66. The largest absolute Gasteiger partial charge is 0.350 e. The van der Waals surface area contributed by atoms with Crippen molar-refractivity contribution in [3.63, 3.8) is 0 Å². The monoisotopic (exact) mass is 328 g/mol. The smallest absolute Gasteiger partial charge is 0.253 e. The van der Waals surface area contributed by atoms with Crippen molar-refractivity contribution in [3.8, 4) is 5.69 Å². The fourth-order valence-electron chi connectivity index (χ4n) is 3.30. The number of nitrogens with zero attached hydrogens (tertiary/aromatic N) is 4. The maximum Gasteiger partial charge on any atom is 0.253 e. The molecular weight excluding hydrogens is 308 g/mol. The van der Waals surface area contributed by atoms with Gasteiger partial charge in [-0.05, 0) is 37.1 Å². The molecule has 2 aliphatic heterocycles. The molecule has 0 radical (unpaired) electrons. The van der Waals surface area contributed by atoms with Crippen molar-refractivity contribution < 1.29 is 14.3 Å². The lowest BCUT2D eigenvalue weighted by atomic mass is 9.95. The summed E-state index contributed by atoms with van der Waals surface area (Å²) in [5.41, 5.74) is 1.59. The molecule has 7 heteroatoms. The lowest BCUT2D eigenvalue weighted by molar-refractivity contribution is -0.0956. The molecular formula is C17H20N4O3. The van der Waals surface area contributed by atoms with E-state index in [-0.39, 0.29) is 12.2 Å². The van der Waals surface area contributed by atoms with Crippen LogP contribution in [0.3, 0.4) is 0 Å². The fraction of sp³-hybridized carbons (Fsp3) is 0.471. The second-order valence-electron chi connectivity index (χ2n) is 6.13. The number of hydrogen-bond donors (Lipinski definition) is 0. The summed E-state index contributed by atoms with van der Waals surface area (Å²) in [4.78, 5) is 18.5. The van der Waals surface area contributed by atoms with Gasteiger partial charge in [-0.1, -0.05) is 0 Å². The van der Waals surface area contributed by atoms with Gasteiger partial charge in [-0.2, -0.15) is 5.10 Å². The van der Waals surface area contributed by atoms with Gasteiger partial charge in [0.1, 0.15) is 12.7 Å². The Morgan fingerprint density at radius 3 is 2.42 bits per heavy atom. The van der Waals surface area contributed by atoms with E-state index in [2.05, 4.69) is 10.1 Å². The average molecular weight is 328 g/mol. The van der Waals surface area contributed by atoms with Crippen LogP contribution in [0.1, 0.15) is 23.2 Å². The minimum atomic E-state index is -0.0794.